The van der Waals surface area contributed by atoms with Crippen molar-refractivity contribution in [1.29, 1.82) is 0 Å². The molecule has 1 rings (SSSR count). The Morgan fingerprint density at radius 2 is 1.83 bits per heavy atom. The number of amides is 1. The minimum absolute atomic E-state index is 0. The molecular weight excluding hydrogens is 423 g/mol. The lowest BCUT2D eigenvalue weighted by atomic mass is 10.3. The van der Waals surface area contributed by atoms with Crippen molar-refractivity contribution in [3.8, 4) is 0 Å². The zero-order valence-corrected chi connectivity index (χ0v) is 17.4. The molecule has 0 aliphatic heterocycles. The van der Waals surface area contributed by atoms with E-state index < -0.39 is 0 Å². The van der Waals surface area contributed by atoms with Gasteiger partial charge in [0.2, 0.25) is 5.91 Å². The van der Waals surface area contributed by atoms with Gasteiger partial charge in [0, 0.05) is 35.8 Å². The lowest BCUT2D eigenvalue weighted by Gasteiger charge is -2.11. The first kappa shape index (κ1) is 22.2. The molecule has 0 bridgehead atoms. The summed E-state index contributed by atoms with van der Waals surface area (Å²) in [5.41, 5.74) is 0. The third kappa shape index (κ3) is 9.80. The molecule has 132 valence electrons. The van der Waals surface area contributed by atoms with E-state index in [0.717, 1.165) is 31.9 Å². The lowest BCUT2D eigenvalue weighted by molar-refractivity contribution is -0.120. The van der Waals surface area contributed by atoms with E-state index in [1.165, 1.54) is 9.75 Å². The average Bonchev–Trinajstić information content (AvgIpc) is 2.98. The topological polar surface area (TPSA) is 65.5 Å². The fourth-order valence-corrected chi connectivity index (χ4v) is 2.73. The van der Waals surface area contributed by atoms with Gasteiger partial charge in [-0.1, -0.05) is 13.8 Å². The number of carbonyl (C=O) groups excluding carboxylic acids is 1. The quantitative estimate of drug-likeness (QED) is 0.307. The highest BCUT2D eigenvalue weighted by Gasteiger charge is 2.03. The Labute approximate surface area is 160 Å². The van der Waals surface area contributed by atoms with Crippen LogP contribution in [0.15, 0.2) is 17.1 Å². The van der Waals surface area contributed by atoms with E-state index in [0.29, 0.717) is 19.5 Å². The molecule has 1 aromatic rings. The number of halogens is 1. The second-order valence-electron chi connectivity index (χ2n) is 4.94. The highest BCUT2D eigenvalue weighted by Crippen LogP contribution is 2.17. The van der Waals surface area contributed by atoms with Crippen LogP contribution in [0.25, 0.3) is 0 Å². The summed E-state index contributed by atoms with van der Waals surface area (Å²) in [5, 5.41) is 9.27. The molecule has 0 aromatic carbocycles. The van der Waals surface area contributed by atoms with Crippen LogP contribution in [0.4, 0.5) is 0 Å². The van der Waals surface area contributed by atoms with E-state index in [1.54, 1.807) is 11.3 Å². The van der Waals surface area contributed by atoms with Crippen molar-refractivity contribution in [1.82, 2.24) is 16.0 Å². The molecule has 0 radical (unpaired) electrons. The van der Waals surface area contributed by atoms with Crippen LogP contribution in [0.5, 0.6) is 0 Å². The average molecular weight is 452 g/mol. The van der Waals surface area contributed by atoms with Crippen molar-refractivity contribution in [3.63, 3.8) is 0 Å². The van der Waals surface area contributed by atoms with E-state index in [-0.39, 0.29) is 29.9 Å². The molecule has 0 fully saturated rings. The van der Waals surface area contributed by atoms with Gasteiger partial charge in [0.05, 0.1) is 6.54 Å². The molecule has 7 heteroatoms. The van der Waals surface area contributed by atoms with Crippen LogP contribution in [0.1, 0.15) is 43.4 Å². The summed E-state index contributed by atoms with van der Waals surface area (Å²) in [5.74, 6) is 0.841. The van der Waals surface area contributed by atoms with E-state index >= 15 is 0 Å². The number of nitrogens with one attached hydrogen (secondary N) is 3. The van der Waals surface area contributed by atoms with Crippen molar-refractivity contribution >= 4 is 47.2 Å². The minimum atomic E-state index is 0. The highest BCUT2D eigenvalue weighted by atomic mass is 127. The van der Waals surface area contributed by atoms with Crippen molar-refractivity contribution < 1.29 is 4.79 Å². The first-order chi connectivity index (χ1) is 10.7. The van der Waals surface area contributed by atoms with Crippen molar-refractivity contribution in [3.05, 3.63) is 21.9 Å². The Balaban J connectivity index is 0.00000484. The number of thiophene rings is 1. The summed E-state index contributed by atoms with van der Waals surface area (Å²) in [4.78, 5) is 18.8. The van der Waals surface area contributed by atoms with Gasteiger partial charge in [0.1, 0.15) is 0 Å². The third-order valence-corrected chi connectivity index (χ3v) is 4.23. The van der Waals surface area contributed by atoms with Crippen molar-refractivity contribution in [2.75, 3.05) is 19.6 Å². The molecule has 0 saturated heterocycles. The Morgan fingerprint density at radius 1 is 1.09 bits per heavy atom. The molecule has 5 nitrogen and oxygen atoms in total. The van der Waals surface area contributed by atoms with Crippen LogP contribution < -0.4 is 16.0 Å². The molecule has 0 saturated carbocycles. The Kier molecular flexibility index (Phi) is 13.1. The van der Waals surface area contributed by atoms with Crippen molar-refractivity contribution in [2.24, 2.45) is 4.99 Å². The molecule has 0 unspecified atom stereocenters. The molecule has 0 atom stereocenters. The number of aryl methyl sites for hydroxylation is 1. The number of guanidine groups is 1. The number of nitrogens with zero attached hydrogens (tertiary/aromatic N) is 1. The smallest absolute Gasteiger partial charge is 0.221 e. The number of rotatable bonds is 9. The first-order valence-corrected chi connectivity index (χ1v) is 8.87. The van der Waals surface area contributed by atoms with Gasteiger partial charge in [-0.3, -0.25) is 4.79 Å². The van der Waals surface area contributed by atoms with Crippen LogP contribution in [0.2, 0.25) is 0 Å². The Bertz CT molecular complexity index is 476. The van der Waals surface area contributed by atoms with E-state index in [2.05, 4.69) is 40.0 Å². The molecule has 0 aliphatic carbocycles. The minimum Gasteiger partial charge on any atom is -0.357 e. The van der Waals surface area contributed by atoms with Gasteiger partial charge in [0.25, 0.3) is 0 Å². The summed E-state index contributed by atoms with van der Waals surface area (Å²) >= 11 is 1.80. The van der Waals surface area contributed by atoms with Crippen LogP contribution in [-0.4, -0.2) is 31.5 Å². The molecule has 1 amide bonds. The Morgan fingerprint density at radius 3 is 2.43 bits per heavy atom. The summed E-state index contributed by atoms with van der Waals surface area (Å²) in [6, 6.07) is 4.29. The molecule has 0 aliphatic rings. The van der Waals surface area contributed by atoms with E-state index in [4.69, 9.17) is 0 Å². The fraction of sp³-hybridized carbons (Fsp3) is 0.625. The number of aliphatic imine (C=N–C) groups is 1. The third-order valence-electron chi connectivity index (χ3n) is 3.02. The second-order valence-corrected chi connectivity index (χ2v) is 6.20. The van der Waals surface area contributed by atoms with Gasteiger partial charge >= 0.3 is 0 Å². The maximum Gasteiger partial charge on any atom is 0.221 e. The van der Waals surface area contributed by atoms with Crippen LogP contribution in [-0.2, 0) is 17.8 Å². The highest BCUT2D eigenvalue weighted by molar-refractivity contribution is 14.0. The number of hydrogen-bond acceptors (Lipinski definition) is 3. The zero-order valence-electron chi connectivity index (χ0n) is 14.3. The normalized spacial score (nSPS) is 10.8. The van der Waals surface area contributed by atoms with Gasteiger partial charge in [-0.05, 0) is 31.9 Å². The van der Waals surface area contributed by atoms with Crippen LogP contribution in [0, 0.1) is 0 Å². The van der Waals surface area contributed by atoms with Gasteiger partial charge in [-0.15, -0.1) is 35.3 Å². The fourth-order valence-electron chi connectivity index (χ4n) is 1.84. The van der Waals surface area contributed by atoms with Gasteiger partial charge < -0.3 is 16.0 Å². The lowest BCUT2D eigenvalue weighted by Crippen LogP contribution is -2.39. The summed E-state index contributed by atoms with van der Waals surface area (Å²) in [7, 11) is 0. The molecular formula is C16H29IN4OS. The van der Waals surface area contributed by atoms with E-state index in [9.17, 15) is 4.79 Å². The summed E-state index contributed by atoms with van der Waals surface area (Å²) in [6.45, 7) is 9.04. The first-order valence-electron chi connectivity index (χ1n) is 8.06. The number of hydrogen-bond donors (Lipinski definition) is 3. The standard InChI is InChI=1S/C16H28N4OS.HI/c1-4-10-18-15(21)9-11-19-16(17-6-3)20-12-14-8-7-13(5-2)22-14;/h7-8H,4-6,9-12H2,1-3H3,(H,18,21)(H2,17,19,20);1H. The van der Waals surface area contributed by atoms with Gasteiger partial charge in [-0.2, -0.15) is 0 Å². The largest absolute Gasteiger partial charge is 0.357 e. The summed E-state index contributed by atoms with van der Waals surface area (Å²) in [6.07, 6.45) is 2.49. The van der Waals surface area contributed by atoms with Gasteiger partial charge in [-0.25, -0.2) is 4.99 Å². The molecule has 1 aromatic heterocycles. The van der Waals surface area contributed by atoms with Gasteiger partial charge in [0.15, 0.2) is 5.96 Å². The summed E-state index contributed by atoms with van der Waals surface area (Å²) < 4.78 is 0. The second kappa shape index (κ2) is 13.6. The van der Waals surface area contributed by atoms with Crippen molar-refractivity contribution in [2.45, 2.75) is 46.6 Å². The maximum absolute atomic E-state index is 11.5. The predicted molar refractivity (Wildman–Crippen MR) is 110 cm³/mol. The SMILES string of the molecule is CCCNC(=O)CCNC(=NCc1ccc(CC)s1)NCC.I. The van der Waals surface area contributed by atoms with Crippen LogP contribution >= 0.6 is 35.3 Å². The van der Waals surface area contributed by atoms with E-state index in [1.807, 2.05) is 13.8 Å². The van der Waals surface area contributed by atoms with Crippen LogP contribution in [0.3, 0.4) is 0 Å². The Hall–Kier alpha value is -0.830. The monoisotopic (exact) mass is 452 g/mol. The number of carbonyl (C=O) groups is 1. The maximum atomic E-state index is 11.5. The zero-order chi connectivity index (χ0) is 16.2. The molecule has 0 spiro atoms. The molecule has 3 N–H and O–H groups in total. The molecule has 1 heterocycles. The molecule has 23 heavy (non-hydrogen) atoms. The predicted octanol–water partition coefficient (Wildman–Crippen LogP) is 2.90.